The predicted molar refractivity (Wildman–Crippen MR) is 96.7 cm³/mol. The molecule has 6 nitrogen and oxygen atoms in total. The highest BCUT2D eigenvalue weighted by atomic mass is 79.9. The van der Waals surface area contributed by atoms with Gasteiger partial charge < -0.3 is 10.1 Å². The van der Waals surface area contributed by atoms with E-state index in [1.807, 2.05) is 24.3 Å². The van der Waals surface area contributed by atoms with Crippen LogP contribution in [0.5, 0.6) is 5.75 Å². The summed E-state index contributed by atoms with van der Waals surface area (Å²) < 4.78 is 1.94. The summed E-state index contributed by atoms with van der Waals surface area (Å²) >= 11 is 3.33. The number of aromatic hydroxyl groups is 1. The molecule has 2 N–H and O–H groups in total. The molecule has 2 aromatic heterocycles. The number of phenols is 1. The largest absolute Gasteiger partial charge is 0.507 e. The molecule has 0 aliphatic rings. The van der Waals surface area contributed by atoms with E-state index in [-0.39, 0.29) is 11.3 Å². The van der Waals surface area contributed by atoms with Gasteiger partial charge in [-0.1, -0.05) is 34.1 Å². The summed E-state index contributed by atoms with van der Waals surface area (Å²) in [6.45, 7) is 0. The molecule has 4 rings (SSSR count). The number of phenolic OH excluding ortho intramolecular Hbond substituents is 1. The van der Waals surface area contributed by atoms with Crippen LogP contribution in [0.15, 0.2) is 63.2 Å². The molecular formula is C17H11BrN4O2. The summed E-state index contributed by atoms with van der Waals surface area (Å²) in [7, 11) is 0. The van der Waals surface area contributed by atoms with Crippen LogP contribution in [0.25, 0.3) is 21.9 Å². The molecular weight excluding hydrogens is 372 g/mol. The van der Waals surface area contributed by atoms with Crippen LogP contribution in [0.3, 0.4) is 0 Å². The van der Waals surface area contributed by atoms with Crippen molar-refractivity contribution < 1.29 is 5.11 Å². The summed E-state index contributed by atoms with van der Waals surface area (Å²) in [5.74, 6) is 0.0784. The Balaban J connectivity index is 1.84. The van der Waals surface area contributed by atoms with Crippen molar-refractivity contribution >= 4 is 44.1 Å². The fraction of sp³-hybridized carbons (Fsp3) is 0. The summed E-state index contributed by atoms with van der Waals surface area (Å²) in [5.41, 5.74) is 2.06. The second-order valence-electron chi connectivity index (χ2n) is 5.24. The average Bonchev–Trinajstić information content (AvgIpc) is 2.97. The van der Waals surface area contributed by atoms with Crippen molar-refractivity contribution in [3.63, 3.8) is 0 Å². The van der Waals surface area contributed by atoms with E-state index < -0.39 is 0 Å². The highest BCUT2D eigenvalue weighted by Crippen LogP contribution is 2.21. The molecule has 24 heavy (non-hydrogen) atoms. The van der Waals surface area contributed by atoms with Gasteiger partial charge in [0.15, 0.2) is 0 Å². The lowest BCUT2D eigenvalue weighted by molar-refractivity contribution is 0.474. The van der Waals surface area contributed by atoms with Gasteiger partial charge in [0.25, 0.3) is 5.56 Å². The Labute approximate surface area is 144 Å². The van der Waals surface area contributed by atoms with Crippen molar-refractivity contribution in [2.45, 2.75) is 0 Å². The third-order valence-electron chi connectivity index (χ3n) is 3.71. The zero-order valence-electron chi connectivity index (χ0n) is 12.3. The summed E-state index contributed by atoms with van der Waals surface area (Å²) in [6.07, 6.45) is 2.79. The number of nitrogens with one attached hydrogen (secondary N) is 1. The molecule has 0 saturated carbocycles. The highest BCUT2D eigenvalue weighted by Gasteiger charge is 2.10. The van der Waals surface area contributed by atoms with E-state index in [4.69, 9.17) is 0 Å². The zero-order chi connectivity index (χ0) is 16.7. The first-order chi connectivity index (χ1) is 11.6. The number of hydrogen-bond donors (Lipinski definition) is 2. The SMILES string of the molecule is O=c1c2[nH]c3ccccc3c2ncn1/N=C/c1cc(Br)ccc1O. The van der Waals surface area contributed by atoms with Crippen LogP contribution in [-0.2, 0) is 0 Å². The minimum atomic E-state index is -0.304. The van der Waals surface area contributed by atoms with Gasteiger partial charge in [-0.25, -0.2) is 4.98 Å². The van der Waals surface area contributed by atoms with Crippen LogP contribution >= 0.6 is 15.9 Å². The monoisotopic (exact) mass is 382 g/mol. The molecule has 0 aliphatic carbocycles. The van der Waals surface area contributed by atoms with Gasteiger partial charge in [0.2, 0.25) is 0 Å². The standard InChI is InChI=1S/C17H11BrN4O2/c18-11-5-6-14(23)10(7-11)8-20-22-9-19-15-12-3-1-2-4-13(12)21-16(15)17(22)24/h1-9,21,23H/b20-8+. The Morgan fingerprint density at radius 2 is 2.08 bits per heavy atom. The van der Waals surface area contributed by atoms with Crippen molar-refractivity contribution in [2.75, 3.05) is 0 Å². The van der Waals surface area contributed by atoms with E-state index in [9.17, 15) is 9.90 Å². The Morgan fingerprint density at radius 3 is 2.96 bits per heavy atom. The topological polar surface area (TPSA) is 83.3 Å². The van der Waals surface area contributed by atoms with E-state index in [0.29, 0.717) is 16.6 Å². The molecule has 0 atom stereocenters. The molecule has 2 aromatic carbocycles. The number of aromatic nitrogens is 3. The van der Waals surface area contributed by atoms with Crippen LogP contribution in [0.2, 0.25) is 0 Å². The van der Waals surface area contributed by atoms with Crippen molar-refractivity contribution in [1.82, 2.24) is 14.6 Å². The van der Waals surface area contributed by atoms with Gasteiger partial charge in [0.1, 0.15) is 23.1 Å². The molecule has 7 heteroatoms. The van der Waals surface area contributed by atoms with Gasteiger partial charge in [-0.2, -0.15) is 9.78 Å². The Morgan fingerprint density at radius 1 is 1.25 bits per heavy atom. The van der Waals surface area contributed by atoms with E-state index in [1.165, 1.54) is 12.5 Å². The Hall–Kier alpha value is -2.93. The van der Waals surface area contributed by atoms with Crippen LogP contribution in [0.4, 0.5) is 0 Å². The number of para-hydroxylation sites is 1. The number of rotatable bonds is 2. The first kappa shape index (κ1) is 14.6. The van der Waals surface area contributed by atoms with E-state index in [1.54, 1.807) is 18.2 Å². The number of aromatic amines is 1. The summed E-state index contributed by atoms with van der Waals surface area (Å²) in [4.78, 5) is 20.0. The van der Waals surface area contributed by atoms with E-state index >= 15 is 0 Å². The summed E-state index contributed by atoms with van der Waals surface area (Å²) in [5, 5.41) is 14.8. The van der Waals surface area contributed by atoms with Gasteiger partial charge >= 0.3 is 0 Å². The highest BCUT2D eigenvalue weighted by molar-refractivity contribution is 9.10. The molecule has 118 valence electrons. The molecule has 0 spiro atoms. The number of halogens is 1. The number of H-pyrrole nitrogens is 1. The molecule has 0 amide bonds. The molecule has 0 radical (unpaired) electrons. The minimum Gasteiger partial charge on any atom is -0.507 e. The van der Waals surface area contributed by atoms with Gasteiger partial charge in [-0.05, 0) is 24.3 Å². The normalized spacial score (nSPS) is 11.7. The van der Waals surface area contributed by atoms with E-state index in [2.05, 4.69) is 31.0 Å². The van der Waals surface area contributed by atoms with Crippen molar-refractivity contribution in [2.24, 2.45) is 5.10 Å². The molecule has 0 unspecified atom stereocenters. The van der Waals surface area contributed by atoms with Gasteiger partial charge in [0, 0.05) is 20.9 Å². The van der Waals surface area contributed by atoms with Crippen molar-refractivity contribution in [3.05, 3.63) is 69.2 Å². The number of nitrogens with zero attached hydrogens (tertiary/aromatic N) is 3. The quantitative estimate of drug-likeness (QED) is 0.522. The van der Waals surface area contributed by atoms with E-state index in [0.717, 1.165) is 20.1 Å². The maximum absolute atomic E-state index is 12.6. The first-order valence-electron chi connectivity index (χ1n) is 7.14. The lowest BCUT2D eigenvalue weighted by Gasteiger charge is -2.00. The van der Waals surface area contributed by atoms with Crippen molar-refractivity contribution in [3.8, 4) is 5.75 Å². The Kier molecular flexibility index (Phi) is 3.42. The maximum Gasteiger partial charge on any atom is 0.298 e. The molecule has 0 saturated heterocycles. The third-order valence-corrected chi connectivity index (χ3v) is 4.20. The Bertz CT molecular complexity index is 1160. The third kappa shape index (κ3) is 2.39. The van der Waals surface area contributed by atoms with Crippen LogP contribution in [-0.4, -0.2) is 26.0 Å². The molecule has 4 aromatic rings. The zero-order valence-corrected chi connectivity index (χ0v) is 13.9. The molecule has 2 heterocycles. The lowest BCUT2D eigenvalue weighted by Crippen LogP contribution is -2.17. The van der Waals surface area contributed by atoms with Gasteiger partial charge in [0.05, 0.1) is 6.21 Å². The molecule has 0 bridgehead atoms. The molecule has 0 aliphatic heterocycles. The van der Waals surface area contributed by atoms with Gasteiger partial charge in [-0.3, -0.25) is 4.79 Å². The number of fused-ring (bicyclic) bond motifs is 3. The number of hydrogen-bond acceptors (Lipinski definition) is 4. The lowest BCUT2D eigenvalue weighted by atomic mass is 10.2. The van der Waals surface area contributed by atoms with Gasteiger partial charge in [-0.15, -0.1) is 0 Å². The van der Waals surface area contributed by atoms with Crippen LogP contribution in [0, 0.1) is 0 Å². The maximum atomic E-state index is 12.6. The molecule has 0 fully saturated rings. The fourth-order valence-electron chi connectivity index (χ4n) is 2.53. The second-order valence-corrected chi connectivity index (χ2v) is 6.15. The fourth-order valence-corrected chi connectivity index (χ4v) is 2.91. The smallest absolute Gasteiger partial charge is 0.298 e. The first-order valence-corrected chi connectivity index (χ1v) is 7.94. The predicted octanol–water partition coefficient (Wildman–Crippen LogP) is 3.23. The van der Waals surface area contributed by atoms with Crippen LogP contribution < -0.4 is 5.56 Å². The average molecular weight is 383 g/mol. The minimum absolute atomic E-state index is 0.0784. The number of benzene rings is 2. The second kappa shape index (κ2) is 5.61. The summed E-state index contributed by atoms with van der Waals surface area (Å²) in [6, 6.07) is 12.6. The van der Waals surface area contributed by atoms with Crippen molar-refractivity contribution in [1.29, 1.82) is 0 Å². The van der Waals surface area contributed by atoms with Crippen LogP contribution in [0.1, 0.15) is 5.56 Å².